The molecule has 0 spiro atoms. The minimum absolute atomic E-state index is 0.586. The maximum atomic E-state index is 5.53. The fourth-order valence-electron chi connectivity index (χ4n) is 1.97. The van der Waals surface area contributed by atoms with E-state index in [9.17, 15) is 0 Å². The molecule has 0 radical (unpaired) electrons. The summed E-state index contributed by atoms with van der Waals surface area (Å²) in [5.74, 6) is 2.52. The predicted molar refractivity (Wildman–Crippen MR) is 73.9 cm³/mol. The van der Waals surface area contributed by atoms with Crippen molar-refractivity contribution < 1.29 is 4.74 Å². The summed E-state index contributed by atoms with van der Waals surface area (Å²) in [4.78, 5) is 0. The monoisotopic (exact) mass is 238 g/mol. The van der Waals surface area contributed by atoms with Crippen LogP contribution in [0.4, 0.5) is 0 Å². The van der Waals surface area contributed by atoms with Crippen LogP contribution in [0, 0.1) is 0 Å². The molecule has 2 heteroatoms. The molecule has 90 valence electrons. The summed E-state index contributed by atoms with van der Waals surface area (Å²) >= 11 is 4.30. The van der Waals surface area contributed by atoms with Crippen LogP contribution in [0.3, 0.4) is 0 Å². The summed E-state index contributed by atoms with van der Waals surface area (Å²) in [6, 6.07) is 6.46. The van der Waals surface area contributed by atoms with Gasteiger partial charge in [-0.05, 0) is 54.7 Å². The molecule has 0 aliphatic heterocycles. The van der Waals surface area contributed by atoms with Gasteiger partial charge in [-0.3, -0.25) is 0 Å². The van der Waals surface area contributed by atoms with Crippen LogP contribution in [0.15, 0.2) is 18.2 Å². The third-order valence-corrected chi connectivity index (χ3v) is 3.16. The smallest absolute Gasteiger partial charge is 0.119 e. The van der Waals surface area contributed by atoms with E-state index in [1.54, 1.807) is 0 Å². The molecule has 1 unspecified atom stereocenters. The zero-order valence-electron chi connectivity index (χ0n) is 10.5. The highest BCUT2D eigenvalue weighted by atomic mass is 32.1. The van der Waals surface area contributed by atoms with Gasteiger partial charge >= 0.3 is 0 Å². The van der Waals surface area contributed by atoms with Gasteiger partial charge in [-0.15, -0.1) is 0 Å². The van der Waals surface area contributed by atoms with E-state index in [1.807, 2.05) is 6.92 Å². The van der Waals surface area contributed by atoms with E-state index in [0.29, 0.717) is 5.92 Å². The summed E-state index contributed by atoms with van der Waals surface area (Å²) in [6.45, 7) is 7.21. The molecule has 0 bridgehead atoms. The van der Waals surface area contributed by atoms with Crippen molar-refractivity contribution in [3.05, 3.63) is 29.3 Å². The fourth-order valence-corrected chi connectivity index (χ4v) is 2.36. The molecule has 0 saturated heterocycles. The first-order valence-corrected chi connectivity index (χ1v) is 6.72. The molecule has 0 amide bonds. The fraction of sp³-hybridized carbons (Fsp3) is 0.571. The van der Waals surface area contributed by atoms with E-state index in [2.05, 4.69) is 44.7 Å². The zero-order valence-corrected chi connectivity index (χ0v) is 11.4. The molecule has 1 aromatic rings. The van der Waals surface area contributed by atoms with Crippen molar-refractivity contribution in [3.63, 3.8) is 0 Å². The maximum Gasteiger partial charge on any atom is 0.119 e. The largest absolute Gasteiger partial charge is 0.494 e. The Kier molecular flexibility index (Phi) is 5.75. The summed E-state index contributed by atoms with van der Waals surface area (Å²) in [5, 5.41) is 0. The number of ether oxygens (including phenoxy) is 1. The lowest BCUT2D eigenvalue weighted by atomic mass is 9.92. The van der Waals surface area contributed by atoms with Crippen molar-refractivity contribution in [3.8, 4) is 5.75 Å². The maximum absolute atomic E-state index is 5.53. The molecule has 0 N–H and O–H groups in total. The molecule has 0 heterocycles. The van der Waals surface area contributed by atoms with Gasteiger partial charge in [0.1, 0.15) is 5.75 Å². The lowest BCUT2D eigenvalue weighted by molar-refractivity contribution is 0.339. The highest BCUT2D eigenvalue weighted by Crippen LogP contribution is 2.27. The molecule has 0 saturated carbocycles. The van der Waals surface area contributed by atoms with Gasteiger partial charge in [0.15, 0.2) is 0 Å². The van der Waals surface area contributed by atoms with Crippen LogP contribution in [0.5, 0.6) is 5.75 Å². The average molecular weight is 238 g/mol. The molecule has 0 aromatic heterocycles. The van der Waals surface area contributed by atoms with Crippen LogP contribution >= 0.6 is 12.6 Å². The Bertz CT molecular complexity index is 323. The highest BCUT2D eigenvalue weighted by Gasteiger charge is 2.10. The van der Waals surface area contributed by atoms with Crippen LogP contribution in [-0.2, 0) is 6.42 Å². The molecule has 1 rings (SSSR count). The first-order chi connectivity index (χ1) is 7.72. The molecule has 1 atom stereocenters. The number of thiol groups is 1. The van der Waals surface area contributed by atoms with Gasteiger partial charge in [0.05, 0.1) is 6.61 Å². The lowest BCUT2D eigenvalue weighted by Gasteiger charge is -2.16. The van der Waals surface area contributed by atoms with Crippen LogP contribution < -0.4 is 4.74 Å². The second kappa shape index (κ2) is 6.85. The molecule has 1 aromatic carbocycles. The molecule has 0 aliphatic carbocycles. The number of hydrogen-bond acceptors (Lipinski definition) is 2. The van der Waals surface area contributed by atoms with Crippen molar-refractivity contribution in [2.75, 3.05) is 12.4 Å². The van der Waals surface area contributed by atoms with E-state index in [-0.39, 0.29) is 0 Å². The third-order valence-electron chi connectivity index (χ3n) is 2.90. The van der Waals surface area contributed by atoms with Gasteiger partial charge in [0.25, 0.3) is 0 Å². The Morgan fingerprint density at radius 3 is 2.62 bits per heavy atom. The van der Waals surface area contributed by atoms with Crippen LogP contribution in [0.2, 0.25) is 0 Å². The standard InChI is InChI=1S/C14H22OS/c1-4-12-10-13(15-5-2)6-7-14(12)11(3)8-9-16/h6-7,10-11,16H,4-5,8-9H2,1-3H3. The molecular formula is C14H22OS. The Hall–Kier alpha value is -0.630. The molecule has 16 heavy (non-hydrogen) atoms. The second-order valence-corrected chi connectivity index (χ2v) is 4.51. The van der Waals surface area contributed by atoms with Crippen LogP contribution in [-0.4, -0.2) is 12.4 Å². The number of rotatable bonds is 6. The summed E-state index contributed by atoms with van der Waals surface area (Å²) in [7, 11) is 0. The van der Waals surface area contributed by atoms with Crippen molar-refractivity contribution in [2.45, 2.75) is 39.5 Å². The number of benzene rings is 1. The SMILES string of the molecule is CCOc1ccc(C(C)CCS)c(CC)c1. The normalized spacial score (nSPS) is 12.5. The number of hydrogen-bond donors (Lipinski definition) is 1. The molecule has 0 aliphatic rings. The van der Waals surface area contributed by atoms with Gasteiger partial charge in [0.2, 0.25) is 0 Å². The van der Waals surface area contributed by atoms with Crippen LogP contribution in [0.1, 0.15) is 44.2 Å². The van der Waals surface area contributed by atoms with Crippen molar-refractivity contribution in [1.82, 2.24) is 0 Å². The Morgan fingerprint density at radius 1 is 1.31 bits per heavy atom. The van der Waals surface area contributed by atoms with E-state index < -0.39 is 0 Å². The summed E-state index contributed by atoms with van der Waals surface area (Å²) in [6.07, 6.45) is 2.19. The van der Waals surface area contributed by atoms with Crippen molar-refractivity contribution in [1.29, 1.82) is 0 Å². The van der Waals surface area contributed by atoms with Crippen molar-refractivity contribution in [2.24, 2.45) is 0 Å². The molecule has 0 fully saturated rings. The topological polar surface area (TPSA) is 9.23 Å². The Balaban J connectivity index is 2.92. The zero-order chi connectivity index (χ0) is 12.0. The Labute approximate surface area is 105 Å². The van der Waals surface area contributed by atoms with Crippen LogP contribution in [0.25, 0.3) is 0 Å². The minimum atomic E-state index is 0.586. The summed E-state index contributed by atoms with van der Waals surface area (Å²) < 4.78 is 5.53. The lowest BCUT2D eigenvalue weighted by Crippen LogP contribution is -2.01. The van der Waals surface area contributed by atoms with Gasteiger partial charge in [-0.25, -0.2) is 0 Å². The van der Waals surface area contributed by atoms with Gasteiger partial charge in [0, 0.05) is 0 Å². The third kappa shape index (κ3) is 3.44. The number of aryl methyl sites for hydroxylation is 1. The first-order valence-electron chi connectivity index (χ1n) is 6.09. The predicted octanol–water partition coefficient (Wildman–Crippen LogP) is 4.07. The van der Waals surface area contributed by atoms with Crippen molar-refractivity contribution >= 4 is 12.6 Å². The summed E-state index contributed by atoms with van der Waals surface area (Å²) in [5.41, 5.74) is 2.85. The molecule has 1 nitrogen and oxygen atoms in total. The van der Waals surface area contributed by atoms with Gasteiger partial charge in [-0.2, -0.15) is 12.6 Å². The van der Waals surface area contributed by atoms with E-state index in [1.165, 1.54) is 11.1 Å². The minimum Gasteiger partial charge on any atom is -0.494 e. The van der Waals surface area contributed by atoms with E-state index >= 15 is 0 Å². The van der Waals surface area contributed by atoms with Gasteiger partial charge < -0.3 is 4.74 Å². The van der Waals surface area contributed by atoms with Gasteiger partial charge in [-0.1, -0.05) is 19.9 Å². The van der Waals surface area contributed by atoms with E-state index in [0.717, 1.165) is 31.0 Å². The average Bonchev–Trinajstić information content (AvgIpc) is 2.29. The molecular weight excluding hydrogens is 216 g/mol. The quantitative estimate of drug-likeness (QED) is 0.735. The van der Waals surface area contributed by atoms with E-state index in [4.69, 9.17) is 4.74 Å². The first kappa shape index (κ1) is 13.4. The Morgan fingerprint density at radius 2 is 2.06 bits per heavy atom. The second-order valence-electron chi connectivity index (χ2n) is 4.06. The highest BCUT2D eigenvalue weighted by molar-refractivity contribution is 7.80.